The van der Waals surface area contributed by atoms with Crippen LogP contribution in [0.1, 0.15) is 6.92 Å². The molecule has 2 rings (SSSR count). The van der Waals surface area contributed by atoms with Gasteiger partial charge in [0, 0.05) is 44.1 Å². The summed E-state index contributed by atoms with van der Waals surface area (Å²) >= 11 is 0. The number of non-ortho nitro benzene ring substituents is 1. The van der Waals surface area contributed by atoms with Crippen molar-refractivity contribution in [2.45, 2.75) is 17.9 Å². The van der Waals surface area contributed by atoms with Gasteiger partial charge in [-0.25, -0.2) is 8.42 Å². The fourth-order valence-electron chi connectivity index (χ4n) is 2.36. The monoisotopic (exact) mass is 371 g/mol. The maximum Gasteiger partial charge on any atom is 0.271 e. The van der Waals surface area contributed by atoms with E-state index in [9.17, 15) is 18.5 Å². The molecule has 1 fully saturated rings. The molecular weight excluding hydrogens is 353 g/mol. The number of sulfone groups is 1. The molecule has 0 saturated carbocycles. The van der Waals surface area contributed by atoms with E-state index in [4.69, 9.17) is 0 Å². The summed E-state index contributed by atoms with van der Waals surface area (Å²) in [6.45, 7) is 4.00. The summed E-state index contributed by atoms with van der Waals surface area (Å²) in [6, 6.07) is 3.97. The topological polar surface area (TPSA) is 92.5 Å². The minimum Gasteiger partial charge on any atom is -0.365 e. The van der Waals surface area contributed by atoms with Crippen LogP contribution in [0.3, 0.4) is 0 Å². The lowest BCUT2D eigenvalue weighted by atomic mass is 10.1. The molecule has 1 unspecified atom stereocenters. The average Bonchev–Trinajstić information content (AvgIpc) is 2.37. The van der Waals surface area contributed by atoms with E-state index in [2.05, 4.69) is 5.32 Å². The smallest absolute Gasteiger partial charge is 0.271 e. The van der Waals surface area contributed by atoms with Crippen molar-refractivity contribution in [3.63, 3.8) is 0 Å². The van der Waals surface area contributed by atoms with Gasteiger partial charge >= 0.3 is 0 Å². The Balaban J connectivity index is 0.00000220. The molecule has 1 atom stereocenters. The lowest BCUT2D eigenvalue weighted by Crippen LogP contribution is -2.50. The van der Waals surface area contributed by atoms with Gasteiger partial charge in [0.15, 0.2) is 9.84 Å². The maximum atomic E-state index is 11.9. The van der Waals surface area contributed by atoms with Crippen molar-refractivity contribution in [1.29, 1.82) is 0 Å². The van der Waals surface area contributed by atoms with Crippen LogP contribution in [-0.2, 0) is 9.84 Å². The Bertz CT molecular complexity index is 639. The van der Waals surface area contributed by atoms with Gasteiger partial charge < -0.3 is 10.2 Å². The van der Waals surface area contributed by atoms with Gasteiger partial charge in [0.25, 0.3) is 5.69 Å². The number of nitrogens with one attached hydrogen (secondary N) is 1. The van der Waals surface area contributed by atoms with E-state index in [1.165, 1.54) is 18.2 Å². The van der Waals surface area contributed by atoms with Crippen molar-refractivity contribution >= 4 is 46.0 Å². The Labute approximate surface area is 142 Å². The highest BCUT2D eigenvalue weighted by Gasteiger charge is 2.26. The lowest BCUT2D eigenvalue weighted by Gasteiger charge is -2.36. The zero-order chi connectivity index (χ0) is 14.9. The predicted molar refractivity (Wildman–Crippen MR) is 90.4 cm³/mol. The second-order valence-electron chi connectivity index (χ2n) is 4.93. The van der Waals surface area contributed by atoms with Gasteiger partial charge in [-0.1, -0.05) is 0 Å². The molecule has 1 heterocycles. The summed E-state index contributed by atoms with van der Waals surface area (Å²) in [5.41, 5.74) is 0.314. The maximum absolute atomic E-state index is 11.9. The summed E-state index contributed by atoms with van der Waals surface area (Å²) in [5.74, 6) is 0. The first-order chi connectivity index (χ1) is 9.30. The van der Waals surface area contributed by atoms with Gasteiger partial charge in [-0.2, -0.15) is 0 Å². The molecule has 10 heteroatoms. The molecule has 126 valence electrons. The van der Waals surface area contributed by atoms with Crippen molar-refractivity contribution in [2.75, 3.05) is 30.8 Å². The quantitative estimate of drug-likeness (QED) is 0.641. The number of benzene rings is 1. The van der Waals surface area contributed by atoms with Crippen molar-refractivity contribution in [1.82, 2.24) is 5.32 Å². The fraction of sp³-hybridized carbons (Fsp3) is 0.500. The Morgan fingerprint density at radius 2 is 2.00 bits per heavy atom. The predicted octanol–water partition coefficient (Wildman–Crippen LogP) is 1.64. The molecule has 0 bridgehead atoms. The van der Waals surface area contributed by atoms with Crippen molar-refractivity contribution in [3.05, 3.63) is 28.3 Å². The molecule has 0 aromatic heterocycles. The molecule has 0 spiro atoms. The summed E-state index contributed by atoms with van der Waals surface area (Å²) < 4.78 is 23.7. The van der Waals surface area contributed by atoms with Crippen LogP contribution in [0.25, 0.3) is 0 Å². The van der Waals surface area contributed by atoms with Crippen molar-refractivity contribution in [3.8, 4) is 0 Å². The largest absolute Gasteiger partial charge is 0.365 e. The molecule has 7 nitrogen and oxygen atoms in total. The third kappa shape index (κ3) is 4.45. The van der Waals surface area contributed by atoms with E-state index in [1.54, 1.807) is 0 Å². The molecule has 1 aromatic carbocycles. The van der Waals surface area contributed by atoms with E-state index in [-0.39, 0.29) is 41.4 Å². The standard InChI is InChI=1S/C12H17N3O4S.2ClH/c1-9-8-13-5-6-14(9)11-7-10(15(16)17)3-4-12(11)20(2,18)19;;/h3-4,7,9,13H,5-6,8H2,1-2H3;2*1H. The number of nitro benzene ring substituents is 1. The molecule has 1 N–H and O–H groups in total. The molecular formula is C12H19Cl2N3O4S. The van der Waals surface area contributed by atoms with Gasteiger partial charge in [0.05, 0.1) is 15.5 Å². The fourth-order valence-corrected chi connectivity index (χ4v) is 3.23. The van der Waals surface area contributed by atoms with Gasteiger partial charge in [-0.15, -0.1) is 24.8 Å². The zero-order valence-electron chi connectivity index (χ0n) is 12.2. The van der Waals surface area contributed by atoms with Gasteiger partial charge in [-0.05, 0) is 13.0 Å². The normalized spacial score (nSPS) is 18.1. The molecule has 1 saturated heterocycles. The number of halogens is 2. The molecule has 0 amide bonds. The van der Waals surface area contributed by atoms with E-state index in [0.29, 0.717) is 18.8 Å². The summed E-state index contributed by atoms with van der Waals surface area (Å²) in [6.07, 6.45) is 1.12. The molecule has 1 aliphatic heterocycles. The number of nitrogens with zero attached hydrogens (tertiary/aromatic N) is 2. The first kappa shape index (κ1) is 20.9. The Morgan fingerprint density at radius 3 is 2.50 bits per heavy atom. The van der Waals surface area contributed by atoms with E-state index < -0.39 is 14.8 Å². The first-order valence-corrected chi connectivity index (χ1v) is 8.15. The molecule has 0 radical (unpaired) electrons. The second kappa shape index (κ2) is 7.96. The lowest BCUT2D eigenvalue weighted by molar-refractivity contribution is -0.384. The van der Waals surface area contributed by atoms with E-state index in [1.807, 2.05) is 11.8 Å². The van der Waals surface area contributed by atoms with Crippen LogP contribution < -0.4 is 10.2 Å². The number of hydrogen-bond donors (Lipinski definition) is 1. The van der Waals surface area contributed by atoms with Gasteiger partial charge in [0.2, 0.25) is 0 Å². The Hall–Kier alpha value is -1.09. The molecule has 0 aliphatic carbocycles. The number of piperazine rings is 1. The highest BCUT2D eigenvalue weighted by atomic mass is 35.5. The highest BCUT2D eigenvalue weighted by molar-refractivity contribution is 7.90. The van der Waals surface area contributed by atoms with Crippen LogP contribution in [0.5, 0.6) is 0 Å². The zero-order valence-corrected chi connectivity index (χ0v) is 14.6. The summed E-state index contributed by atoms with van der Waals surface area (Å²) in [7, 11) is -3.43. The molecule has 1 aliphatic rings. The van der Waals surface area contributed by atoms with Crippen LogP contribution in [0, 0.1) is 10.1 Å². The number of nitro groups is 1. The van der Waals surface area contributed by atoms with Crippen LogP contribution >= 0.6 is 24.8 Å². The third-order valence-corrected chi connectivity index (χ3v) is 4.51. The first-order valence-electron chi connectivity index (χ1n) is 6.26. The molecule has 1 aromatic rings. The van der Waals surface area contributed by atoms with E-state index in [0.717, 1.165) is 12.8 Å². The van der Waals surface area contributed by atoms with Crippen LogP contribution in [0.15, 0.2) is 23.1 Å². The average molecular weight is 372 g/mol. The Morgan fingerprint density at radius 1 is 1.36 bits per heavy atom. The summed E-state index contributed by atoms with van der Waals surface area (Å²) in [5, 5.41) is 14.1. The van der Waals surface area contributed by atoms with Crippen molar-refractivity contribution in [2.24, 2.45) is 0 Å². The van der Waals surface area contributed by atoms with Crippen LogP contribution in [0.4, 0.5) is 11.4 Å². The van der Waals surface area contributed by atoms with Gasteiger partial charge in [0.1, 0.15) is 0 Å². The van der Waals surface area contributed by atoms with Crippen molar-refractivity contribution < 1.29 is 13.3 Å². The second-order valence-corrected chi connectivity index (χ2v) is 6.91. The van der Waals surface area contributed by atoms with Gasteiger partial charge in [-0.3, -0.25) is 10.1 Å². The minimum absolute atomic E-state index is 0. The third-order valence-electron chi connectivity index (χ3n) is 3.36. The molecule has 22 heavy (non-hydrogen) atoms. The minimum atomic E-state index is -3.43. The summed E-state index contributed by atoms with van der Waals surface area (Å²) in [4.78, 5) is 12.4. The Kier molecular flexibility index (Phi) is 7.56. The highest BCUT2D eigenvalue weighted by Crippen LogP contribution is 2.31. The number of anilines is 1. The van der Waals surface area contributed by atoms with Crippen LogP contribution in [0.2, 0.25) is 0 Å². The number of hydrogen-bond acceptors (Lipinski definition) is 6. The number of rotatable bonds is 3. The van der Waals surface area contributed by atoms with E-state index >= 15 is 0 Å². The van der Waals surface area contributed by atoms with Crippen LogP contribution in [-0.4, -0.2) is 45.3 Å². The SMILES string of the molecule is CC1CNCCN1c1cc([N+](=O)[O-])ccc1S(C)(=O)=O.Cl.Cl.